The molecule has 1 aromatic rings. The fourth-order valence-electron chi connectivity index (χ4n) is 1.89. The number of amides is 1. The van der Waals surface area contributed by atoms with Gasteiger partial charge in [0.25, 0.3) is 0 Å². The van der Waals surface area contributed by atoms with Crippen molar-refractivity contribution in [3.8, 4) is 0 Å². The molecule has 1 saturated heterocycles. The summed E-state index contributed by atoms with van der Waals surface area (Å²) >= 11 is 9.38. The van der Waals surface area contributed by atoms with Gasteiger partial charge >= 0.3 is 0 Å². The number of hydrogen-bond donors (Lipinski definition) is 1. The summed E-state index contributed by atoms with van der Waals surface area (Å²) in [5.74, 6) is -0.0179. The Bertz CT molecular complexity index is 450. The molecule has 1 aromatic carbocycles. The third kappa shape index (κ3) is 4.76. The standard InChI is InChI=1S/C13H16BrClN2O2/c14-10-1-2-12(11(15)9-10)16-13(18)3-4-17-5-7-19-8-6-17/h1-2,9H,3-8H2,(H,16,18). The van der Waals surface area contributed by atoms with Gasteiger partial charge in [0.15, 0.2) is 0 Å². The number of ether oxygens (including phenoxy) is 1. The Morgan fingerprint density at radius 1 is 1.42 bits per heavy atom. The van der Waals surface area contributed by atoms with Crippen molar-refractivity contribution < 1.29 is 9.53 Å². The fourth-order valence-corrected chi connectivity index (χ4v) is 2.61. The Morgan fingerprint density at radius 3 is 2.84 bits per heavy atom. The summed E-state index contributed by atoms with van der Waals surface area (Å²) in [5.41, 5.74) is 0.650. The van der Waals surface area contributed by atoms with Crippen molar-refractivity contribution in [3.05, 3.63) is 27.7 Å². The first kappa shape index (κ1) is 14.8. The minimum Gasteiger partial charge on any atom is -0.379 e. The van der Waals surface area contributed by atoms with E-state index >= 15 is 0 Å². The number of nitrogens with zero attached hydrogens (tertiary/aromatic N) is 1. The lowest BCUT2D eigenvalue weighted by Crippen LogP contribution is -2.38. The Morgan fingerprint density at radius 2 is 2.16 bits per heavy atom. The summed E-state index contributed by atoms with van der Waals surface area (Å²) < 4.78 is 6.16. The maximum absolute atomic E-state index is 11.9. The zero-order chi connectivity index (χ0) is 13.7. The zero-order valence-corrected chi connectivity index (χ0v) is 12.8. The van der Waals surface area contributed by atoms with Crippen LogP contribution in [0.5, 0.6) is 0 Å². The molecule has 0 aromatic heterocycles. The van der Waals surface area contributed by atoms with Gasteiger partial charge in [-0.05, 0) is 18.2 Å². The predicted octanol–water partition coefficient (Wildman–Crippen LogP) is 2.76. The molecular formula is C13H16BrClN2O2. The van der Waals surface area contributed by atoms with Crippen molar-refractivity contribution >= 4 is 39.1 Å². The number of rotatable bonds is 4. The normalized spacial score (nSPS) is 16.3. The van der Waals surface area contributed by atoms with E-state index in [0.717, 1.165) is 37.3 Å². The largest absolute Gasteiger partial charge is 0.379 e. The number of morpholine rings is 1. The highest BCUT2D eigenvalue weighted by Gasteiger charge is 2.12. The number of carbonyl (C=O) groups excluding carboxylic acids is 1. The van der Waals surface area contributed by atoms with Crippen molar-refractivity contribution in [1.29, 1.82) is 0 Å². The highest BCUT2D eigenvalue weighted by Crippen LogP contribution is 2.25. The summed E-state index contributed by atoms with van der Waals surface area (Å²) in [5, 5.41) is 3.36. The lowest BCUT2D eigenvalue weighted by Gasteiger charge is -2.26. The first-order valence-electron chi connectivity index (χ1n) is 6.20. The maximum atomic E-state index is 11.9. The molecule has 0 unspecified atom stereocenters. The van der Waals surface area contributed by atoms with Crippen molar-refractivity contribution in [2.45, 2.75) is 6.42 Å². The van der Waals surface area contributed by atoms with Crippen LogP contribution in [0.2, 0.25) is 5.02 Å². The smallest absolute Gasteiger partial charge is 0.225 e. The zero-order valence-electron chi connectivity index (χ0n) is 10.5. The van der Waals surface area contributed by atoms with Crippen LogP contribution in [0.3, 0.4) is 0 Å². The van der Waals surface area contributed by atoms with Gasteiger partial charge in [0.2, 0.25) is 5.91 Å². The molecule has 1 N–H and O–H groups in total. The third-order valence-corrected chi connectivity index (χ3v) is 3.77. The van der Waals surface area contributed by atoms with Crippen molar-refractivity contribution in [2.75, 3.05) is 38.2 Å². The van der Waals surface area contributed by atoms with Crippen LogP contribution in [0.15, 0.2) is 22.7 Å². The molecule has 1 amide bonds. The molecule has 2 rings (SSSR count). The molecule has 0 bridgehead atoms. The van der Waals surface area contributed by atoms with E-state index in [1.807, 2.05) is 6.07 Å². The average Bonchev–Trinajstić information content (AvgIpc) is 2.41. The Hall–Kier alpha value is -0.620. The van der Waals surface area contributed by atoms with Gasteiger partial charge in [-0.1, -0.05) is 27.5 Å². The van der Waals surface area contributed by atoms with E-state index in [0.29, 0.717) is 17.1 Å². The van der Waals surface area contributed by atoms with Crippen molar-refractivity contribution in [1.82, 2.24) is 4.90 Å². The van der Waals surface area contributed by atoms with Gasteiger partial charge in [-0.15, -0.1) is 0 Å². The van der Waals surface area contributed by atoms with Crippen LogP contribution in [0, 0.1) is 0 Å². The van der Waals surface area contributed by atoms with Gasteiger partial charge < -0.3 is 10.1 Å². The van der Waals surface area contributed by atoms with E-state index in [9.17, 15) is 4.79 Å². The maximum Gasteiger partial charge on any atom is 0.225 e. The number of halogens is 2. The van der Waals surface area contributed by atoms with E-state index in [1.54, 1.807) is 12.1 Å². The lowest BCUT2D eigenvalue weighted by atomic mass is 10.3. The van der Waals surface area contributed by atoms with E-state index in [4.69, 9.17) is 16.3 Å². The summed E-state index contributed by atoms with van der Waals surface area (Å²) in [6.45, 7) is 4.04. The van der Waals surface area contributed by atoms with Crippen LogP contribution in [-0.4, -0.2) is 43.7 Å². The molecule has 0 aliphatic carbocycles. The number of anilines is 1. The molecule has 104 valence electrons. The molecule has 4 nitrogen and oxygen atoms in total. The molecule has 1 aliphatic heterocycles. The molecular weight excluding hydrogens is 332 g/mol. The Balaban J connectivity index is 1.80. The van der Waals surface area contributed by atoms with Crippen LogP contribution in [-0.2, 0) is 9.53 Å². The number of benzene rings is 1. The molecule has 0 saturated carbocycles. The second-order valence-electron chi connectivity index (χ2n) is 4.38. The minimum absolute atomic E-state index is 0.0179. The van der Waals surface area contributed by atoms with Gasteiger partial charge in [-0.25, -0.2) is 0 Å². The predicted molar refractivity (Wildman–Crippen MR) is 79.7 cm³/mol. The second kappa shape index (κ2) is 7.24. The van der Waals surface area contributed by atoms with Crippen LogP contribution >= 0.6 is 27.5 Å². The highest BCUT2D eigenvalue weighted by atomic mass is 79.9. The van der Waals surface area contributed by atoms with Gasteiger partial charge in [0.1, 0.15) is 0 Å². The summed E-state index contributed by atoms with van der Waals surface area (Å²) in [4.78, 5) is 14.1. The van der Waals surface area contributed by atoms with Crippen LogP contribution in [0.25, 0.3) is 0 Å². The minimum atomic E-state index is -0.0179. The number of carbonyl (C=O) groups is 1. The summed E-state index contributed by atoms with van der Waals surface area (Å²) in [6, 6.07) is 5.40. The SMILES string of the molecule is O=C(CCN1CCOCC1)Nc1ccc(Br)cc1Cl. The monoisotopic (exact) mass is 346 g/mol. The average molecular weight is 348 g/mol. The van der Waals surface area contributed by atoms with Gasteiger partial charge in [-0.2, -0.15) is 0 Å². The van der Waals surface area contributed by atoms with Gasteiger partial charge in [-0.3, -0.25) is 9.69 Å². The molecule has 0 radical (unpaired) electrons. The topological polar surface area (TPSA) is 41.6 Å². The van der Waals surface area contributed by atoms with Gasteiger partial charge in [0, 0.05) is 30.5 Å². The molecule has 1 fully saturated rings. The van der Waals surface area contributed by atoms with Crippen LogP contribution < -0.4 is 5.32 Å². The van der Waals surface area contributed by atoms with Crippen molar-refractivity contribution in [3.63, 3.8) is 0 Å². The van der Waals surface area contributed by atoms with E-state index < -0.39 is 0 Å². The lowest BCUT2D eigenvalue weighted by molar-refractivity contribution is -0.116. The van der Waals surface area contributed by atoms with E-state index in [1.165, 1.54) is 0 Å². The van der Waals surface area contributed by atoms with Crippen LogP contribution in [0.1, 0.15) is 6.42 Å². The quantitative estimate of drug-likeness (QED) is 0.910. The summed E-state index contributed by atoms with van der Waals surface area (Å²) in [6.07, 6.45) is 0.465. The fraction of sp³-hybridized carbons (Fsp3) is 0.462. The van der Waals surface area contributed by atoms with Crippen molar-refractivity contribution in [2.24, 2.45) is 0 Å². The Labute approximate surface area is 126 Å². The van der Waals surface area contributed by atoms with E-state index in [-0.39, 0.29) is 5.91 Å². The second-order valence-corrected chi connectivity index (χ2v) is 5.70. The molecule has 6 heteroatoms. The molecule has 19 heavy (non-hydrogen) atoms. The molecule has 0 atom stereocenters. The third-order valence-electron chi connectivity index (χ3n) is 2.96. The molecule has 1 heterocycles. The van der Waals surface area contributed by atoms with Gasteiger partial charge in [0.05, 0.1) is 23.9 Å². The highest BCUT2D eigenvalue weighted by molar-refractivity contribution is 9.10. The number of hydrogen-bond acceptors (Lipinski definition) is 3. The first-order chi connectivity index (χ1) is 9.15. The summed E-state index contributed by atoms with van der Waals surface area (Å²) in [7, 11) is 0. The van der Waals surface area contributed by atoms with E-state index in [2.05, 4.69) is 26.1 Å². The number of nitrogens with one attached hydrogen (secondary N) is 1. The Kier molecular flexibility index (Phi) is 5.63. The first-order valence-corrected chi connectivity index (χ1v) is 7.37. The molecule has 0 spiro atoms. The molecule has 1 aliphatic rings. The van der Waals surface area contributed by atoms with Crippen LogP contribution in [0.4, 0.5) is 5.69 Å².